The maximum absolute atomic E-state index is 12.6. The van der Waals surface area contributed by atoms with Crippen LogP contribution in [0, 0.1) is 0 Å². The molecule has 10 nitrogen and oxygen atoms in total. The number of ether oxygens (including phenoxy) is 2. The Hall–Kier alpha value is -1.81. The fourth-order valence-corrected chi connectivity index (χ4v) is 6.44. The number of hydrogen-bond donors (Lipinski definition) is 3. The molecule has 0 radical (unpaired) electrons. The monoisotopic (exact) mass is 773 g/mol. The molecule has 53 heavy (non-hydrogen) atoms. The van der Waals surface area contributed by atoms with Crippen LogP contribution < -0.4 is 0 Å². The van der Waals surface area contributed by atoms with E-state index in [0.717, 1.165) is 70.6 Å². The Balaban J connectivity index is 4.32. The highest BCUT2D eigenvalue weighted by Gasteiger charge is 2.27. The number of phosphoric acid groups is 1. The average molecular weight is 773 g/mol. The highest BCUT2D eigenvalue weighted by atomic mass is 31.2. The summed E-state index contributed by atoms with van der Waals surface area (Å²) < 4.78 is 32.7. The number of esters is 2. The lowest BCUT2D eigenvalue weighted by atomic mass is 10.0. The molecule has 0 saturated heterocycles. The van der Waals surface area contributed by atoms with E-state index in [4.69, 9.17) is 19.1 Å². The standard InChI is InChI=1S/C42H77O10P/c1-3-5-7-9-11-13-15-17-19-21-23-25-27-29-31-33-41(45)49-37-40(38-51-53(47,48)50-36-39(44)35-43)52-42(46)34-32-30-28-26-24-22-20-18-16-14-12-10-8-6-4-2/h3,12,14,18,20,39-40,43-44H,1,4-11,13,15-17,19,21-38H2,2H3,(H,47,48)/b14-12+,20-18+/t39-,40+/m0/s1. The maximum Gasteiger partial charge on any atom is 0.472 e. The predicted molar refractivity (Wildman–Crippen MR) is 214 cm³/mol. The Bertz CT molecular complexity index is 970. The summed E-state index contributed by atoms with van der Waals surface area (Å²) in [7, 11) is -4.62. The first-order valence-electron chi connectivity index (χ1n) is 20.9. The summed E-state index contributed by atoms with van der Waals surface area (Å²) in [5, 5.41) is 18.3. The van der Waals surface area contributed by atoms with Gasteiger partial charge in [-0.15, -0.1) is 6.58 Å². The van der Waals surface area contributed by atoms with Crippen molar-refractivity contribution in [3.05, 3.63) is 37.0 Å². The van der Waals surface area contributed by atoms with Crippen LogP contribution in [0.25, 0.3) is 0 Å². The lowest BCUT2D eigenvalue weighted by molar-refractivity contribution is -0.161. The first-order valence-corrected chi connectivity index (χ1v) is 22.4. The third-order valence-corrected chi connectivity index (χ3v) is 9.86. The van der Waals surface area contributed by atoms with Gasteiger partial charge >= 0.3 is 19.8 Å². The van der Waals surface area contributed by atoms with Crippen LogP contribution in [0.2, 0.25) is 0 Å². The SMILES string of the molecule is C=CCCCCCCCCCCCCCCCC(=O)OC[C@H](COP(=O)(O)OC[C@@H](O)CO)OC(=O)CCCCCCC/C=C/C/C=C/CCCCC. The Kier molecular flexibility index (Phi) is 37.2. The van der Waals surface area contributed by atoms with Gasteiger partial charge in [0.2, 0.25) is 0 Å². The molecule has 0 heterocycles. The van der Waals surface area contributed by atoms with Crippen molar-refractivity contribution in [2.75, 3.05) is 26.4 Å². The number of phosphoric ester groups is 1. The predicted octanol–water partition coefficient (Wildman–Crippen LogP) is 10.8. The molecule has 0 aromatic rings. The quantitative estimate of drug-likeness (QED) is 0.0238. The minimum atomic E-state index is -4.62. The molecule has 0 amide bonds. The van der Waals surface area contributed by atoms with Gasteiger partial charge in [-0.1, -0.05) is 140 Å². The maximum atomic E-state index is 12.6. The van der Waals surface area contributed by atoms with Crippen molar-refractivity contribution in [2.45, 2.75) is 192 Å². The van der Waals surface area contributed by atoms with E-state index >= 15 is 0 Å². The van der Waals surface area contributed by atoms with Crippen LogP contribution in [-0.4, -0.2) is 65.7 Å². The van der Waals surface area contributed by atoms with Gasteiger partial charge in [0, 0.05) is 12.8 Å². The van der Waals surface area contributed by atoms with Gasteiger partial charge in [0.25, 0.3) is 0 Å². The summed E-state index contributed by atoms with van der Waals surface area (Å²) in [5.41, 5.74) is 0. The van der Waals surface area contributed by atoms with E-state index < -0.39 is 51.8 Å². The van der Waals surface area contributed by atoms with Gasteiger partial charge in [0.1, 0.15) is 12.7 Å². The molecule has 0 aromatic carbocycles. The minimum absolute atomic E-state index is 0.168. The minimum Gasteiger partial charge on any atom is -0.462 e. The lowest BCUT2D eigenvalue weighted by Gasteiger charge is -2.20. The third-order valence-electron chi connectivity index (χ3n) is 8.91. The van der Waals surface area contributed by atoms with Crippen LogP contribution in [-0.2, 0) is 32.7 Å². The van der Waals surface area contributed by atoms with Gasteiger partial charge in [-0.05, 0) is 57.8 Å². The van der Waals surface area contributed by atoms with Crippen LogP contribution in [0.1, 0.15) is 180 Å². The van der Waals surface area contributed by atoms with Gasteiger partial charge in [0.05, 0.1) is 19.8 Å². The highest BCUT2D eigenvalue weighted by Crippen LogP contribution is 2.43. The summed E-state index contributed by atoms with van der Waals surface area (Å²) >= 11 is 0. The second-order valence-corrected chi connectivity index (χ2v) is 15.5. The average Bonchev–Trinajstić information content (AvgIpc) is 3.14. The van der Waals surface area contributed by atoms with Crippen molar-refractivity contribution in [3.63, 3.8) is 0 Å². The van der Waals surface area contributed by atoms with E-state index in [0.29, 0.717) is 12.8 Å². The van der Waals surface area contributed by atoms with Gasteiger partial charge in [0.15, 0.2) is 6.10 Å². The summed E-state index contributed by atoms with van der Waals surface area (Å²) in [6.45, 7) is 3.85. The van der Waals surface area contributed by atoms with Crippen LogP contribution in [0.3, 0.4) is 0 Å². The number of unbranched alkanes of at least 4 members (excludes halogenated alkanes) is 21. The molecule has 0 aliphatic rings. The smallest absolute Gasteiger partial charge is 0.462 e. The van der Waals surface area contributed by atoms with E-state index in [9.17, 15) is 24.2 Å². The molecule has 0 spiro atoms. The lowest BCUT2D eigenvalue weighted by Crippen LogP contribution is -2.29. The van der Waals surface area contributed by atoms with Crippen molar-refractivity contribution in [1.29, 1.82) is 0 Å². The summed E-state index contributed by atoms with van der Waals surface area (Å²) in [5.74, 6) is -0.942. The molecule has 310 valence electrons. The first-order chi connectivity index (χ1) is 25.7. The second-order valence-electron chi connectivity index (χ2n) is 14.1. The van der Waals surface area contributed by atoms with E-state index in [-0.39, 0.29) is 19.4 Å². The first kappa shape index (κ1) is 51.2. The molecular weight excluding hydrogens is 695 g/mol. The van der Waals surface area contributed by atoms with Crippen LogP contribution in [0.15, 0.2) is 37.0 Å². The molecule has 3 N–H and O–H groups in total. The number of rotatable bonds is 40. The van der Waals surface area contributed by atoms with Gasteiger partial charge < -0.3 is 24.6 Å². The molecule has 0 fully saturated rings. The van der Waals surface area contributed by atoms with Crippen molar-refractivity contribution < 1.29 is 47.8 Å². The number of allylic oxidation sites excluding steroid dienone is 5. The summed E-state index contributed by atoms with van der Waals surface area (Å²) in [6.07, 6.45) is 37.1. The number of carbonyl (C=O) groups is 2. The van der Waals surface area contributed by atoms with Crippen molar-refractivity contribution in [1.82, 2.24) is 0 Å². The van der Waals surface area contributed by atoms with Gasteiger partial charge in [-0.2, -0.15) is 0 Å². The van der Waals surface area contributed by atoms with Crippen LogP contribution >= 0.6 is 7.82 Å². The van der Waals surface area contributed by atoms with E-state index in [2.05, 4.69) is 42.3 Å². The highest BCUT2D eigenvalue weighted by molar-refractivity contribution is 7.47. The van der Waals surface area contributed by atoms with Crippen LogP contribution in [0.5, 0.6) is 0 Å². The molecule has 1 unspecified atom stereocenters. The number of carbonyl (C=O) groups excluding carboxylic acids is 2. The number of hydrogen-bond acceptors (Lipinski definition) is 9. The van der Waals surface area contributed by atoms with Crippen LogP contribution in [0.4, 0.5) is 0 Å². The molecule has 0 rings (SSSR count). The Morgan fingerprint density at radius 3 is 1.58 bits per heavy atom. The topological polar surface area (TPSA) is 149 Å². The second kappa shape index (κ2) is 38.5. The van der Waals surface area contributed by atoms with Gasteiger partial charge in [-0.25, -0.2) is 4.57 Å². The largest absolute Gasteiger partial charge is 0.472 e. The Labute approximate surface area is 322 Å². The van der Waals surface area contributed by atoms with Crippen molar-refractivity contribution in [2.24, 2.45) is 0 Å². The molecule has 3 atom stereocenters. The molecule has 0 aliphatic heterocycles. The Morgan fingerprint density at radius 2 is 1.08 bits per heavy atom. The third kappa shape index (κ3) is 38.3. The Morgan fingerprint density at radius 1 is 0.623 bits per heavy atom. The molecule has 0 aliphatic carbocycles. The fraction of sp³-hybridized carbons (Fsp3) is 0.810. The fourth-order valence-electron chi connectivity index (χ4n) is 5.65. The molecule has 0 bridgehead atoms. The van der Waals surface area contributed by atoms with Crippen molar-refractivity contribution in [3.8, 4) is 0 Å². The van der Waals surface area contributed by atoms with E-state index in [1.165, 1.54) is 77.0 Å². The molecule has 11 heteroatoms. The molecule has 0 saturated carbocycles. The van der Waals surface area contributed by atoms with Crippen molar-refractivity contribution >= 4 is 19.8 Å². The van der Waals surface area contributed by atoms with E-state index in [1.807, 2.05) is 6.08 Å². The zero-order valence-corrected chi connectivity index (χ0v) is 34.2. The molecule has 0 aromatic heterocycles. The molecular formula is C42H77O10P. The normalized spacial score (nSPS) is 14.0. The van der Waals surface area contributed by atoms with Gasteiger partial charge in [-0.3, -0.25) is 18.6 Å². The number of aliphatic hydroxyl groups is 2. The zero-order chi connectivity index (χ0) is 39.1. The summed E-state index contributed by atoms with van der Waals surface area (Å²) in [4.78, 5) is 34.9. The number of aliphatic hydroxyl groups excluding tert-OH is 2. The zero-order valence-electron chi connectivity index (χ0n) is 33.3. The summed E-state index contributed by atoms with van der Waals surface area (Å²) in [6, 6.07) is 0. The van der Waals surface area contributed by atoms with E-state index in [1.54, 1.807) is 0 Å².